The molecule has 0 aromatic heterocycles. The summed E-state index contributed by atoms with van der Waals surface area (Å²) in [6.45, 7) is 0. The molecule has 0 aliphatic carbocycles. The first kappa shape index (κ1) is 48.0. The topological polar surface area (TPSA) is 216 Å². The van der Waals surface area contributed by atoms with Crippen molar-refractivity contribution in [1.82, 2.24) is 0 Å². The van der Waals surface area contributed by atoms with Crippen LogP contribution in [0.1, 0.15) is 0 Å². The van der Waals surface area contributed by atoms with E-state index in [0.717, 1.165) is 0 Å². The van der Waals surface area contributed by atoms with E-state index in [0.29, 0.717) is 0 Å². The molecule has 0 aromatic rings. The van der Waals surface area contributed by atoms with Crippen LogP contribution in [0.4, 0.5) is 0 Å². The second-order valence-electron chi connectivity index (χ2n) is 0. The van der Waals surface area contributed by atoms with Crippen LogP contribution in [0.5, 0.6) is 0 Å². The number of hydrogen-bond acceptors (Lipinski definition) is 8. The van der Waals surface area contributed by atoms with Crippen molar-refractivity contribution in [3.63, 3.8) is 0 Å². The van der Waals surface area contributed by atoms with Crippen LogP contribution in [0.25, 0.3) is 0 Å². The summed E-state index contributed by atoms with van der Waals surface area (Å²) in [4.78, 5) is 0. The molecular formula is H14N4O5Pt. The molecule has 0 aliphatic rings. The molecule has 9 nitrogen and oxygen atoms in total. The Balaban J connectivity index is -0.00000000500. The maximum absolute atomic E-state index is 6.50. The average molecular weight is 345 g/mol. The van der Waals surface area contributed by atoms with Gasteiger partial charge in [-0.05, 0) is 0 Å². The Morgan fingerprint density at radius 1 is 0.500 bits per heavy atom. The molecule has 0 heterocycles. The van der Waals surface area contributed by atoms with Crippen molar-refractivity contribution in [1.29, 1.82) is 0 Å². The molecule has 0 atom stereocenters. The van der Waals surface area contributed by atoms with Crippen molar-refractivity contribution in [2.75, 3.05) is 0 Å². The van der Waals surface area contributed by atoms with Gasteiger partial charge >= 0.3 is 0 Å². The monoisotopic (exact) mass is 345 g/mol. The van der Waals surface area contributed by atoms with Gasteiger partial charge in [0.15, 0.2) is 0 Å². The van der Waals surface area contributed by atoms with Crippen LogP contribution in [0, 0.1) is 0 Å². The Bertz CT molecular complexity index is 13.6. The van der Waals surface area contributed by atoms with Gasteiger partial charge in [-0.25, -0.2) is 23.6 Å². The van der Waals surface area contributed by atoms with Gasteiger partial charge in [0.2, 0.25) is 0 Å². The van der Waals surface area contributed by atoms with Crippen molar-refractivity contribution in [3.8, 4) is 0 Å². The molecule has 74 valence electrons. The van der Waals surface area contributed by atoms with Gasteiger partial charge in [0.05, 0.1) is 0 Å². The number of rotatable bonds is 0. The summed E-state index contributed by atoms with van der Waals surface area (Å²) in [7, 11) is 0. The van der Waals surface area contributed by atoms with E-state index in [2.05, 4.69) is 23.6 Å². The van der Waals surface area contributed by atoms with Crippen molar-refractivity contribution >= 4 is 0 Å². The second kappa shape index (κ2) is 6000. The van der Waals surface area contributed by atoms with Gasteiger partial charge in [-0.2, -0.15) is 0 Å². The van der Waals surface area contributed by atoms with Crippen LogP contribution in [-0.2, 0) is 21.1 Å². The van der Waals surface area contributed by atoms with E-state index in [1.807, 2.05) is 0 Å². The summed E-state index contributed by atoms with van der Waals surface area (Å²) >= 11 is 0. The third-order valence-electron chi connectivity index (χ3n) is 0. The Labute approximate surface area is 71.6 Å². The first-order chi connectivity index (χ1) is 4.00. The normalized spacial score (nSPS) is 2.40. The van der Waals surface area contributed by atoms with Gasteiger partial charge in [-0.1, -0.05) is 0 Å². The minimum absolute atomic E-state index is 0. The van der Waals surface area contributed by atoms with Gasteiger partial charge < -0.3 is 26.3 Å². The average Bonchev–Trinajstić information content (AvgIpc) is 2.03. The quantitative estimate of drug-likeness (QED) is 0.206. The maximum atomic E-state index is 6.50. The maximum Gasteiger partial charge on any atom is 0 e. The van der Waals surface area contributed by atoms with Gasteiger partial charge in [0.25, 0.3) is 0 Å². The second-order valence-corrected chi connectivity index (χ2v) is 0. The van der Waals surface area contributed by atoms with E-state index >= 15 is 0 Å². The van der Waals surface area contributed by atoms with Crippen LogP contribution in [0.2, 0.25) is 0 Å². The first-order valence-corrected chi connectivity index (χ1v) is 1.03. The predicted molar refractivity (Wildman–Crippen MR) is 27.5 cm³/mol. The predicted octanol–water partition coefficient (Wildman–Crippen LogP) is -3.49. The van der Waals surface area contributed by atoms with E-state index in [9.17, 15) is 0 Å². The molecule has 0 fully saturated rings. The van der Waals surface area contributed by atoms with Gasteiger partial charge in [0.1, 0.15) is 0 Å². The van der Waals surface area contributed by atoms with E-state index in [-0.39, 0.29) is 26.5 Å². The summed E-state index contributed by atoms with van der Waals surface area (Å²) < 4.78 is 0. The Kier molecular flexibility index (Phi) is 28800. The molecule has 10 heteroatoms. The summed E-state index contributed by atoms with van der Waals surface area (Å²) in [6, 6.07) is 0. The Morgan fingerprint density at radius 3 is 0.500 bits per heavy atom. The molecule has 0 aromatic carbocycles. The van der Waals surface area contributed by atoms with Crippen LogP contribution in [0.15, 0.2) is 0 Å². The van der Waals surface area contributed by atoms with Gasteiger partial charge in [-0.15, -0.1) is 0 Å². The van der Waals surface area contributed by atoms with Crippen molar-refractivity contribution in [2.45, 2.75) is 0 Å². The van der Waals surface area contributed by atoms with E-state index in [1.54, 1.807) is 0 Å². The molecule has 0 radical (unpaired) electrons. The zero-order valence-corrected chi connectivity index (χ0v) is 7.19. The molecule has 0 bridgehead atoms. The molecule has 0 saturated carbocycles. The molecule has 0 amide bonds. The standard InChI is InChI=1S/4H3NO.H2O.Pt/c4*1-2;;/h4*2H,1H2;1H2;. The zero-order valence-electron chi connectivity index (χ0n) is 4.91. The fourth-order valence-electron chi connectivity index (χ4n) is 0. The van der Waals surface area contributed by atoms with Crippen LogP contribution in [0.3, 0.4) is 0 Å². The first-order valence-electron chi connectivity index (χ1n) is 1.03. The van der Waals surface area contributed by atoms with Crippen molar-refractivity contribution in [3.05, 3.63) is 0 Å². The van der Waals surface area contributed by atoms with Gasteiger partial charge in [0, 0.05) is 21.1 Å². The van der Waals surface area contributed by atoms with E-state index in [1.165, 1.54) is 0 Å². The van der Waals surface area contributed by atoms with E-state index in [4.69, 9.17) is 20.8 Å². The third-order valence-corrected chi connectivity index (χ3v) is 0. The Hall–Kier alpha value is 0.328. The molecule has 0 aliphatic heterocycles. The summed E-state index contributed by atoms with van der Waals surface area (Å²) in [5, 5.41) is 26.0. The van der Waals surface area contributed by atoms with Crippen LogP contribution in [-0.4, -0.2) is 26.3 Å². The summed E-state index contributed by atoms with van der Waals surface area (Å²) in [5.41, 5.74) is 0. The molecule has 14 N–H and O–H groups in total. The molecule has 10 heavy (non-hydrogen) atoms. The van der Waals surface area contributed by atoms with Crippen LogP contribution >= 0.6 is 0 Å². The summed E-state index contributed by atoms with van der Waals surface area (Å²) in [6.07, 6.45) is 0. The molecule has 0 saturated heterocycles. The van der Waals surface area contributed by atoms with E-state index < -0.39 is 0 Å². The minimum Gasteiger partial charge on any atom is -0.412 e. The van der Waals surface area contributed by atoms with Gasteiger partial charge in [-0.3, -0.25) is 0 Å². The molecule has 0 spiro atoms. The summed E-state index contributed by atoms with van der Waals surface area (Å²) in [5.74, 6) is 14.0. The number of nitrogens with two attached hydrogens (primary N) is 4. The third kappa shape index (κ3) is 4150. The van der Waals surface area contributed by atoms with Crippen molar-refractivity contribution < 1.29 is 47.4 Å². The Morgan fingerprint density at radius 2 is 0.500 bits per heavy atom. The smallest absolute Gasteiger partial charge is 0 e. The van der Waals surface area contributed by atoms with Crippen molar-refractivity contribution in [2.24, 2.45) is 23.6 Å². The molecule has 0 rings (SSSR count). The largest absolute Gasteiger partial charge is 0.412 e. The molecule has 0 unspecified atom stereocenters. The SMILES string of the molecule is NO.NO.NO.NO.O.[Pt]. The van der Waals surface area contributed by atoms with Crippen LogP contribution < -0.4 is 23.6 Å². The fourth-order valence-corrected chi connectivity index (χ4v) is 0. The zero-order chi connectivity index (χ0) is 8.00. The fraction of sp³-hybridized carbons (Fsp3) is 0. The molecular weight excluding hydrogens is 331 g/mol. The number of hydrogen-bond donors (Lipinski definition) is 8. The minimum atomic E-state index is 0.